The number of cyclic esters (lactones) is 1. The molecule has 5 aliphatic rings. The molecule has 5 heterocycles. The molecule has 0 bridgehead atoms. The second-order valence-corrected chi connectivity index (χ2v) is 25.3. The zero-order valence-corrected chi connectivity index (χ0v) is 52.0. The Balaban J connectivity index is 0.000000195. The number of ether oxygens (including phenoxy) is 9. The number of fused-ring (bicyclic) bond motifs is 1. The quantitative estimate of drug-likeness (QED) is 0.0641. The smallest absolute Gasteiger partial charge is 0.413 e. The summed E-state index contributed by atoms with van der Waals surface area (Å²) < 4.78 is 52.8. The number of aliphatic hydroxyl groups is 1. The number of aliphatic hydroxyl groups excluding tert-OH is 1. The molecular formula is C69H84N6O13. The van der Waals surface area contributed by atoms with E-state index < -0.39 is 17.3 Å². The van der Waals surface area contributed by atoms with E-state index in [1.165, 1.54) is 12.8 Å². The second kappa shape index (κ2) is 27.7. The highest BCUT2D eigenvalue weighted by molar-refractivity contribution is 5.88. The predicted octanol–water partition coefficient (Wildman–Crippen LogP) is 13.6. The van der Waals surface area contributed by atoms with Crippen molar-refractivity contribution in [1.82, 2.24) is 19.8 Å². The number of rotatable bonds is 19. The van der Waals surface area contributed by atoms with E-state index in [9.17, 15) is 19.5 Å². The van der Waals surface area contributed by atoms with E-state index in [0.29, 0.717) is 116 Å². The fourth-order valence-electron chi connectivity index (χ4n) is 11.1. The van der Waals surface area contributed by atoms with Gasteiger partial charge in [0.2, 0.25) is 0 Å². The van der Waals surface area contributed by atoms with Crippen LogP contribution in [0.3, 0.4) is 0 Å². The van der Waals surface area contributed by atoms with Gasteiger partial charge in [0.1, 0.15) is 77.2 Å². The van der Waals surface area contributed by atoms with Crippen LogP contribution in [0.1, 0.15) is 138 Å². The minimum absolute atomic E-state index is 0.0106. The maximum absolute atomic E-state index is 13.0. The largest absolute Gasteiger partial charge is 0.497 e. The van der Waals surface area contributed by atoms with Gasteiger partial charge in [0.05, 0.1) is 56.6 Å². The number of piperidine rings is 2. The van der Waals surface area contributed by atoms with Crippen molar-refractivity contribution >= 4 is 29.9 Å². The molecule has 4 N–H and O–H groups in total. The van der Waals surface area contributed by atoms with Gasteiger partial charge in [-0.2, -0.15) is 0 Å². The molecule has 2 saturated carbocycles. The molecular weight excluding hydrogens is 1120 g/mol. The summed E-state index contributed by atoms with van der Waals surface area (Å²) >= 11 is 0. The number of benzene rings is 4. The van der Waals surface area contributed by atoms with E-state index in [0.717, 1.165) is 83.4 Å². The van der Waals surface area contributed by atoms with Crippen LogP contribution in [0.2, 0.25) is 0 Å². The van der Waals surface area contributed by atoms with Crippen molar-refractivity contribution in [1.29, 1.82) is 0 Å². The van der Waals surface area contributed by atoms with Crippen molar-refractivity contribution in [3.8, 4) is 57.0 Å². The molecule has 6 aromatic rings. The Labute approximate surface area is 516 Å². The van der Waals surface area contributed by atoms with Crippen LogP contribution >= 0.6 is 0 Å². The Hall–Kier alpha value is -8.45. The number of nitrogens with one attached hydrogen (secondary N) is 1. The van der Waals surface area contributed by atoms with E-state index in [1.807, 2.05) is 139 Å². The van der Waals surface area contributed by atoms with Gasteiger partial charge in [-0.3, -0.25) is 5.32 Å². The van der Waals surface area contributed by atoms with Crippen LogP contribution in [0.4, 0.5) is 26.0 Å². The summed E-state index contributed by atoms with van der Waals surface area (Å²) in [5.41, 5.74) is 13.2. The van der Waals surface area contributed by atoms with Crippen LogP contribution in [0.15, 0.2) is 97.1 Å². The monoisotopic (exact) mass is 1200 g/mol. The lowest BCUT2D eigenvalue weighted by Gasteiger charge is -2.35. The molecule has 2 aromatic heterocycles. The molecule has 3 amide bonds. The number of carbonyl (C=O) groups is 3. The zero-order chi connectivity index (χ0) is 62.1. The molecule has 2 atom stereocenters. The number of likely N-dealkylation sites (tertiary alicyclic amines) is 2. The van der Waals surface area contributed by atoms with Gasteiger partial charge < -0.3 is 63.3 Å². The third kappa shape index (κ3) is 16.4. The first-order valence-electron chi connectivity index (χ1n) is 30.7. The highest BCUT2D eigenvalue weighted by Crippen LogP contribution is 2.46. The van der Waals surface area contributed by atoms with E-state index in [-0.39, 0.29) is 43.1 Å². The topological polar surface area (TPSA) is 225 Å². The molecule has 11 rings (SSSR count). The number of nitrogens with two attached hydrogens (primary N) is 1. The average molecular weight is 1210 g/mol. The van der Waals surface area contributed by atoms with Gasteiger partial charge >= 0.3 is 18.3 Å². The Kier molecular flexibility index (Phi) is 19.7. The van der Waals surface area contributed by atoms with Gasteiger partial charge in [-0.1, -0.05) is 36.4 Å². The van der Waals surface area contributed by atoms with Crippen LogP contribution in [-0.4, -0.2) is 108 Å². The van der Waals surface area contributed by atoms with E-state index in [1.54, 1.807) is 24.0 Å². The van der Waals surface area contributed by atoms with E-state index in [4.69, 9.17) is 58.3 Å². The molecule has 2 unspecified atom stereocenters. The average Bonchev–Trinajstić information content (AvgIpc) is 1.94. The van der Waals surface area contributed by atoms with Crippen molar-refractivity contribution in [2.24, 2.45) is 11.8 Å². The number of carbonyl (C=O) groups excluding carboxylic acids is 3. The molecule has 3 aliphatic heterocycles. The number of nitrogens with zero attached hydrogens (tertiary/aromatic N) is 4. The first-order chi connectivity index (χ1) is 42.3. The molecule has 19 nitrogen and oxygen atoms in total. The van der Waals surface area contributed by atoms with E-state index in [2.05, 4.69) is 5.32 Å². The number of aromatic nitrogens is 2. The summed E-state index contributed by atoms with van der Waals surface area (Å²) in [5.74, 6) is 5.90. The van der Waals surface area contributed by atoms with Crippen molar-refractivity contribution in [3.63, 3.8) is 0 Å². The van der Waals surface area contributed by atoms with Gasteiger partial charge in [0.25, 0.3) is 0 Å². The molecule has 88 heavy (non-hydrogen) atoms. The fourth-order valence-corrected chi connectivity index (χ4v) is 11.1. The van der Waals surface area contributed by atoms with Gasteiger partial charge in [-0.15, -0.1) is 0 Å². The fraction of sp³-hybridized carbons (Fsp3) is 0.464. The molecule has 0 radical (unpaired) electrons. The maximum atomic E-state index is 13.0. The number of hydrogen-bond donors (Lipinski definition) is 3. The van der Waals surface area contributed by atoms with Crippen LogP contribution in [0.5, 0.6) is 34.5 Å². The number of methoxy groups -OCH3 is 2. The molecule has 4 aromatic carbocycles. The number of hydrogen-bond acceptors (Lipinski definition) is 16. The molecule has 2 aliphatic carbocycles. The van der Waals surface area contributed by atoms with E-state index >= 15 is 0 Å². The Morgan fingerprint density at radius 1 is 0.625 bits per heavy atom. The predicted molar refractivity (Wildman–Crippen MR) is 334 cm³/mol. The first-order valence-corrected chi connectivity index (χ1v) is 30.7. The Morgan fingerprint density at radius 2 is 1.07 bits per heavy atom. The summed E-state index contributed by atoms with van der Waals surface area (Å²) in [7, 11) is 3.28. The highest BCUT2D eigenvalue weighted by atomic mass is 16.6. The van der Waals surface area contributed by atoms with Crippen LogP contribution in [0.25, 0.3) is 22.5 Å². The van der Waals surface area contributed by atoms with Gasteiger partial charge in [-0.05, 0) is 188 Å². The third-order valence-electron chi connectivity index (χ3n) is 16.0. The molecule has 19 heteroatoms. The summed E-state index contributed by atoms with van der Waals surface area (Å²) in [4.78, 5) is 51.5. The first kappa shape index (κ1) is 62.6. The van der Waals surface area contributed by atoms with Crippen molar-refractivity contribution in [2.45, 2.75) is 142 Å². The lowest BCUT2D eigenvalue weighted by molar-refractivity contribution is 0.0188. The van der Waals surface area contributed by atoms with Crippen molar-refractivity contribution in [2.75, 3.05) is 64.7 Å². The van der Waals surface area contributed by atoms with Crippen molar-refractivity contribution in [3.05, 3.63) is 130 Å². The number of pyridine rings is 2. The number of amides is 3. The van der Waals surface area contributed by atoms with Gasteiger partial charge in [-0.25, -0.2) is 24.4 Å². The number of anilines is 2. The van der Waals surface area contributed by atoms with Crippen LogP contribution in [0, 0.1) is 11.8 Å². The SMILES string of the molecule is COc1ccc(COc2cccc(OCC3CC3)c2-c2cc(C3CCCN(C(=O)OC(C)(C)C)C3)c(CO)c(N)n2)cc1.COc1ccc(COc2cccc(OCC3CC3)c2-c2cc(C3CCCN(C(=O)OC(C)(C)C)C3)c3c(n2)NC(=O)OC3)cc1. The summed E-state index contributed by atoms with van der Waals surface area (Å²) in [5, 5.41) is 13.2. The van der Waals surface area contributed by atoms with Crippen LogP contribution < -0.4 is 39.5 Å². The van der Waals surface area contributed by atoms with Gasteiger partial charge in [0.15, 0.2) is 0 Å². The molecule has 4 fully saturated rings. The summed E-state index contributed by atoms with van der Waals surface area (Å²) in [6.07, 6.45) is 6.78. The Bertz CT molecular complexity index is 3410. The Morgan fingerprint density at radius 3 is 1.51 bits per heavy atom. The summed E-state index contributed by atoms with van der Waals surface area (Å²) in [6, 6.07) is 31.0. The maximum Gasteiger partial charge on any atom is 0.413 e. The lowest BCUT2D eigenvalue weighted by Crippen LogP contribution is -2.42. The summed E-state index contributed by atoms with van der Waals surface area (Å²) in [6.45, 7) is 15.2. The molecule has 2 saturated heterocycles. The van der Waals surface area contributed by atoms with Crippen LogP contribution in [-0.2, 0) is 40.6 Å². The highest BCUT2D eigenvalue weighted by Gasteiger charge is 2.35. The van der Waals surface area contributed by atoms with Gasteiger partial charge in [0, 0.05) is 49.1 Å². The zero-order valence-electron chi connectivity index (χ0n) is 52.0. The minimum Gasteiger partial charge on any atom is -0.497 e. The minimum atomic E-state index is -0.586. The second-order valence-electron chi connectivity index (χ2n) is 25.3. The number of nitrogen functional groups attached to an aromatic ring is 1. The normalized spacial score (nSPS) is 17.4. The third-order valence-corrected chi connectivity index (χ3v) is 16.0. The lowest BCUT2D eigenvalue weighted by atomic mass is 9.87. The molecule has 0 spiro atoms. The standard InChI is InChI=1S/C35H41N3O7.C34H43N3O6/c1-35(2,3)45-34(40)38-16-6-7-24(18-38)26-17-28(36-32-27(26)21-44-33(39)37-32)31-29(42-19-22-10-11-22)8-5-9-30(31)43-20-23-12-14-25(41-4)15-13-23;1-34(2,3)43-33(39)37-16-6-7-24(18-37)26-17-28(36-32(35)27(26)19-38)31-29(41-20-22-10-11-22)8-5-9-30(31)42-21-23-12-14-25(40-4)15-13-23/h5,8-9,12-15,17,22,24H,6-7,10-11,16,18-21H2,1-4H3,(H,36,37,39);5,8-9,12-15,17,22,24,38H,6-7,10-11,16,18-21H2,1-4H3,(H2,35,36). The van der Waals surface area contributed by atoms with Crippen molar-refractivity contribution < 1.29 is 62.1 Å². The molecule has 468 valence electrons.